The molecule has 0 spiro atoms. The summed E-state index contributed by atoms with van der Waals surface area (Å²) in [5.74, 6) is -0.896. The molecule has 0 atom stereocenters. The molecule has 0 aliphatic heterocycles. The van der Waals surface area contributed by atoms with Crippen LogP contribution in [-0.4, -0.2) is 11.1 Å². The molecule has 0 rings (SSSR count). The molecular formula is C12H18O2. The van der Waals surface area contributed by atoms with E-state index in [1.54, 1.807) is 0 Å². The SMILES string of the molecule is C=C(CC/C=C/CC/C=C/C)C(=O)O. The molecule has 14 heavy (non-hydrogen) atoms. The molecule has 0 aromatic heterocycles. The first-order valence-electron chi connectivity index (χ1n) is 4.85. The van der Waals surface area contributed by atoms with E-state index in [2.05, 4.69) is 18.7 Å². The fraction of sp³-hybridized carbons (Fsp3) is 0.417. The lowest BCUT2D eigenvalue weighted by atomic mass is 10.1. The third kappa shape index (κ3) is 7.35. The van der Waals surface area contributed by atoms with Gasteiger partial charge in [0.25, 0.3) is 0 Å². The molecule has 0 aromatic carbocycles. The minimum atomic E-state index is -0.896. The van der Waals surface area contributed by atoms with E-state index >= 15 is 0 Å². The molecule has 0 aliphatic rings. The number of hydrogen-bond acceptors (Lipinski definition) is 1. The quantitative estimate of drug-likeness (QED) is 0.383. The number of rotatable bonds is 7. The van der Waals surface area contributed by atoms with Gasteiger partial charge in [0.05, 0.1) is 0 Å². The van der Waals surface area contributed by atoms with E-state index in [4.69, 9.17) is 5.11 Å². The van der Waals surface area contributed by atoms with Gasteiger partial charge in [-0.15, -0.1) is 0 Å². The molecule has 0 bridgehead atoms. The van der Waals surface area contributed by atoms with Gasteiger partial charge in [0, 0.05) is 5.57 Å². The van der Waals surface area contributed by atoms with Crippen LogP contribution in [0.1, 0.15) is 32.6 Å². The molecular weight excluding hydrogens is 176 g/mol. The van der Waals surface area contributed by atoms with Gasteiger partial charge in [-0.05, 0) is 32.6 Å². The zero-order valence-electron chi connectivity index (χ0n) is 8.70. The molecule has 2 nitrogen and oxygen atoms in total. The second-order valence-electron chi connectivity index (χ2n) is 3.07. The summed E-state index contributed by atoms with van der Waals surface area (Å²) in [6.45, 7) is 5.46. The summed E-state index contributed by atoms with van der Waals surface area (Å²) in [7, 11) is 0. The van der Waals surface area contributed by atoms with Crippen LogP contribution in [0.15, 0.2) is 36.5 Å². The lowest BCUT2D eigenvalue weighted by Gasteiger charge is -1.94. The Morgan fingerprint density at radius 1 is 1.21 bits per heavy atom. The summed E-state index contributed by atoms with van der Waals surface area (Å²) in [6.07, 6.45) is 11.6. The highest BCUT2D eigenvalue weighted by atomic mass is 16.4. The fourth-order valence-corrected chi connectivity index (χ4v) is 0.959. The van der Waals surface area contributed by atoms with E-state index in [1.165, 1.54) is 0 Å². The molecule has 0 aromatic rings. The van der Waals surface area contributed by atoms with Gasteiger partial charge < -0.3 is 5.11 Å². The largest absolute Gasteiger partial charge is 0.478 e. The lowest BCUT2D eigenvalue weighted by Crippen LogP contribution is -1.97. The third-order valence-electron chi connectivity index (χ3n) is 1.82. The van der Waals surface area contributed by atoms with E-state index < -0.39 is 5.97 Å². The minimum absolute atomic E-state index is 0.281. The number of carbonyl (C=O) groups is 1. The Bertz CT molecular complexity index is 237. The molecule has 0 unspecified atom stereocenters. The molecule has 0 fully saturated rings. The predicted octanol–water partition coefficient (Wildman–Crippen LogP) is 3.32. The topological polar surface area (TPSA) is 37.3 Å². The first-order chi connectivity index (χ1) is 6.68. The number of aliphatic carboxylic acids is 1. The van der Waals surface area contributed by atoms with Crippen molar-refractivity contribution in [1.29, 1.82) is 0 Å². The van der Waals surface area contributed by atoms with Crippen molar-refractivity contribution >= 4 is 5.97 Å². The summed E-state index contributed by atoms with van der Waals surface area (Å²) in [4.78, 5) is 10.4. The van der Waals surface area contributed by atoms with E-state index in [9.17, 15) is 4.79 Å². The average molecular weight is 194 g/mol. The summed E-state index contributed by atoms with van der Waals surface area (Å²) in [5.41, 5.74) is 0.281. The third-order valence-corrected chi connectivity index (χ3v) is 1.82. The molecule has 2 heteroatoms. The molecule has 78 valence electrons. The Hall–Kier alpha value is -1.31. The van der Waals surface area contributed by atoms with Gasteiger partial charge in [-0.3, -0.25) is 0 Å². The Morgan fingerprint density at radius 3 is 2.36 bits per heavy atom. The molecule has 0 amide bonds. The van der Waals surface area contributed by atoms with E-state index in [-0.39, 0.29) is 5.57 Å². The van der Waals surface area contributed by atoms with Crippen LogP contribution >= 0.6 is 0 Å². The fourth-order valence-electron chi connectivity index (χ4n) is 0.959. The number of hydrogen-bond donors (Lipinski definition) is 1. The smallest absolute Gasteiger partial charge is 0.330 e. The van der Waals surface area contributed by atoms with Crippen LogP contribution in [0.4, 0.5) is 0 Å². The molecule has 1 N–H and O–H groups in total. The molecule has 0 saturated heterocycles. The van der Waals surface area contributed by atoms with Gasteiger partial charge in [-0.25, -0.2) is 4.79 Å². The monoisotopic (exact) mass is 194 g/mol. The molecule has 0 aliphatic carbocycles. The maximum absolute atomic E-state index is 10.4. The molecule has 0 saturated carbocycles. The van der Waals surface area contributed by atoms with Crippen molar-refractivity contribution in [3.8, 4) is 0 Å². The van der Waals surface area contributed by atoms with Crippen molar-refractivity contribution in [2.75, 3.05) is 0 Å². The van der Waals surface area contributed by atoms with Gasteiger partial charge in [-0.1, -0.05) is 30.9 Å². The zero-order valence-corrected chi connectivity index (χ0v) is 8.70. The van der Waals surface area contributed by atoms with Crippen molar-refractivity contribution in [3.63, 3.8) is 0 Å². The Balaban J connectivity index is 3.44. The molecule has 0 radical (unpaired) electrons. The van der Waals surface area contributed by atoms with Crippen LogP contribution < -0.4 is 0 Å². The molecule has 0 heterocycles. The Morgan fingerprint density at radius 2 is 1.79 bits per heavy atom. The highest BCUT2D eigenvalue weighted by Crippen LogP contribution is 2.03. The first-order valence-corrected chi connectivity index (χ1v) is 4.85. The second-order valence-corrected chi connectivity index (χ2v) is 3.07. The Labute approximate surface area is 85.6 Å². The van der Waals surface area contributed by atoms with Gasteiger partial charge in [-0.2, -0.15) is 0 Å². The van der Waals surface area contributed by atoms with Gasteiger partial charge in [0.2, 0.25) is 0 Å². The van der Waals surface area contributed by atoms with Crippen LogP contribution in [0.5, 0.6) is 0 Å². The van der Waals surface area contributed by atoms with Crippen molar-refractivity contribution in [1.82, 2.24) is 0 Å². The van der Waals surface area contributed by atoms with Crippen molar-refractivity contribution < 1.29 is 9.90 Å². The van der Waals surface area contributed by atoms with Crippen molar-refractivity contribution in [3.05, 3.63) is 36.5 Å². The summed E-state index contributed by atoms with van der Waals surface area (Å²) in [5, 5.41) is 8.52. The summed E-state index contributed by atoms with van der Waals surface area (Å²) >= 11 is 0. The van der Waals surface area contributed by atoms with E-state index in [1.807, 2.05) is 19.1 Å². The van der Waals surface area contributed by atoms with Crippen molar-refractivity contribution in [2.45, 2.75) is 32.6 Å². The first kappa shape index (κ1) is 12.7. The maximum atomic E-state index is 10.4. The van der Waals surface area contributed by atoms with E-state index in [0.29, 0.717) is 6.42 Å². The van der Waals surface area contributed by atoms with Crippen LogP contribution in [0.3, 0.4) is 0 Å². The van der Waals surface area contributed by atoms with Gasteiger partial charge in [0.15, 0.2) is 0 Å². The number of carboxylic acids is 1. The number of allylic oxidation sites excluding steroid dienone is 4. The van der Waals surface area contributed by atoms with Crippen LogP contribution in [0, 0.1) is 0 Å². The van der Waals surface area contributed by atoms with Crippen molar-refractivity contribution in [2.24, 2.45) is 0 Å². The zero-order chi connectivity index (χ0) is 10.8. The maximum Gasteiger partial charge on any atom is 0.330 e. The summed E-state index contributed by atoms with van der Waals surface area (Å²) in [6, 6.07) is 0. The van der Waals surface area contributed by atoms with Crippen LogP contribution in [0.2, 0.25) is 0 Å². The minimum Gasteiger partial charge on any atom is -0.478 e. The highest BCUT2D eigenvalue weighted by molar-refractivity contribution is 5.85. The van der Waals surface area contributed by atoms with Gasteiger partial charge >= 0.3 is 5.97 Å². The Kier molecular flexibility index (Phi) is 7.52. The average Bonchev–Trinajstić information content (AvgIpc) is 2.16. The number of carboxylic acid groups (broad SMARTS) is 1. The second kappa shape index (κ2) is 8.30. The lowest BCUT2D eigenvalue weighted by molar-refractivity contribution is -0.132. The van der Waals surface area contributed by atoms with Gasteiger partial charge in [0.1, 0.15) is 0 Å². The normalized spacial score (nSPS) is 11.2. The van der Waals surface area contributed by atoms with Crippen LogP contribution in [-0.2, 0) is 4.79 Å². The summed E-state index contributed by atoms with van der Waals surface area (Å²) < 4.78 is 0. The number of unbranched alkanes of at least 4 members (excludes halogenated alkanes) is 1. The van der Waals surface area contributed by atoms with Crippen LogP contribution in [0.25, 0.3) is 0 Å². The highest BCUT2D eigenvalue weighted by Gasteiger charge is 2.00. The standard InChI is InChI=1S/C12H18O2/c1-3-4-5-6-7-8-9-10-11(2)12(13)14/h3-4,7-8H,2,5-6,9-10H2,1H3,(H,13,14)/b4-3+,8-7+. The predicted molar refractivity (Wildman–Crippen MR) is 59.2 cm³/mol. The van der Waals surface area contributed by atoms with E-state index in [0.717, 1.165) is 19.3 Å².